The fraction of sp³-hybridized carbons (Fsp3) is 0.400. The molecule has 18 heavy (non-hydrogen) atoms. The van der Waals surface area contributed by atoms with Gasteiger partial charge >= 0.3 is 0 Å². The van der Waals surface area contributed by atoms with Gasteiger partial charge in [-0.05, 0) is 17.5 Å². The Morgan fingerprint density at radius 2 is 1.94 bits per heavy atom. The molecule has 1 heterocycles. The predicted octanol–water partition coefficient (Wildman–Crippen LogP) is 3.91. The molecule has 0 spiro atoms. The van der Waals surface area contributed by atoms with Crippen LogP contribution in [0.25, 0.3) is 10.1 Å². The molecule has 1 aromatic carbocycles. The zero-order valence-electron chi connectivity index (χ0n) is 11.4. The van der Waals surface area contributed by atoms with E-state index in [0.29, 0.717) is 6.54 Å². The van der Waals surface area contributed by atoms with Gasteiger partial charge in [0.1, 0.15) is 0 Å². The number of nitrogens with zero attached hydrogens (tertiary/aromatic N) is 1. The van der Waals surface area contributed by atoms with Crippen LogP contribution in [0.2, 0.25) is 0 Å². The fourth-order valence-corrected chi connectivity index (χ4v) is 3.11. The molecule has 0 N–H and O–H groups in total. The number of thiophene rings is 1. The smallest absolute Gasteiger partial charge is 0.228 e. The summed E-state index contributed by atoms with van der Waals surface area (Å²) in [7, 11) is 1.87. The lowest BCUT2D eigenvalue weighted by atomic mass is 9.95. The van der Waals surface area contributed by atoms with Crippen molar-refractivity contribution in [3.63, 3.8) is 0 Å². The Morgan fingerprint density at radius 1 is 1.28 bits per heavy atom. The van der Waals surface area contributed by atoms with Crippen molar-refractivity contribution in [2.75, 3.05) is 7.05 Å². The molecular weight excluding hydrogens is 242 g/mol. The molecule has 1 aromatic heterocycles. The lowest BCUT2D eigenvalue weighted by Crippen LogP contribution is -2.35. The van der Waals surface area contributed by atoms with Crippen molar-refractivity contribution >= 4 is 27.3 Å². The van der Waals surface area contributed by atoms with E-state index in [2.05, 4.69) is 18.2 Å². The van der Waals surface area contributed by atoms with Crippen LogP contribution in [0.5, 0.6) is 0 Å². The standard InChI is InChI=1S/C15H19NOS/c1-15(2,3)14(17)16(4)10-12-9-11-7-5-6-8-13(11)18-12/h5-9H,10H2,1-4H3. The molecule has 96 valence electrons. The summed E-state index contributed by atoms with van der Waals surface area (Å²) in [6.45, 7) is 6.56. The minimum absolute atomic E-state index is 0.181. The van der Waals surface area contributed by atoms with Crippen LogP contribution in [0.15, 0.2) is 30.3 Å². The van der Waals surface area contributed by atoms with Gasteiger partial charge in [0.25, 0.3) is 0 Å². The van der Waals surface area contributed by atoms with Crippen LogP contribution in [-0.2, 0) is 11.3 Å². The van der Waals surface area contributed by atoms with E-state index in [9.17, 15) is 4.79 Å². The second-order valence-corrected chi connectivity index (χ2v) is 6.83. The molecule has 0 bridgehead atoms. The van der Waals surface area contributed by atoms with Crippen molar-refractivity contribution < 1.29 is 4.79 Å². The lowest BCUT2D eigenvalue weighted by Gasteiger charge is -2.25. The zero-order valence-corrected chi connectivity index (χ0v) is 12.2. The first-order valence-electron chi connectivity index (χ1n) is 6.11. The van der Waals surface area contributed by atoms with Gasteiger partial charge in [-0.1, -0.05) is 39.0 Å². The third-order valence-corrected chi connectivity index (χ3v) is 3.96. The van der Waals surface area contributed by atoms with Crippen LogP contribution >= 0.6 is 11.3 Å². The second-order valence-electron chi connectivity index (χ2n) is 5.66. The maximum Gasteiger partial charge on any atom is 0.228 e. The number of hydrogen-bond donors (Lipinski definition) is 0. The molecule has 0 aliphatic heterocycles. The molecule has 0 aliphatic carbocycles. The van der Waals surface area contributed by atoms with Crippen LogP contribution in [-0.4, -0.2) is 17.9 Å². The summed E-state index contributed by atoms with van der Waals surface area (Å²) in [5, 5.41) is 1.26. The highest BCUT2D eigenvalue weighted by Crippen LogP contribution is 2.27. The summed E-state index contributed by atoms with van der Waals surface area (Å²) in [5.41, 5.74) is -0.314. The maximum absolute atomic E-state index is 12.1. The predicted molar refractivity (Wildman–Crippen MR) is 77.8 cm³/mol. The summed E-state index contributed by atoms with van der Waals surface area (Å²) >= 11 is 1.76. The third kappa shape index (κ3) is 2.72. The van der Waals surface area contributed by atoms with Crippen molar-refractivity contribution in [2.45, 2.75) is 27.3 Å². The van der Waals surface area contributed by atoms with Crippen molar-refractivity contribution in [3.05, 3.63) is 35.2 Å². The van der Waals surface area contributed by atoms with Gasteiger partial charge in [0.2, 0.25) is 5.91 Å². The summed E-state index contributed by atoms with van der Waals surface area (Å²) in [4.78, 5) is 15.2. The zero-order chi connectivity index (χ0) is 13.3. The number of rotatable bonds is 2. The molecule has 0 saturated carbocycles. The number of amides is 1. The molecule has 0 aliphatic rings. The molecule has 0 fully saturated rings. The highest BCUT2D eigenvalue weighted by atomic mass is 32.1. The minimum Gasteiger partial charge on any atom is -0.340 e. The van der Waals surface area contributed by atoms with Gasteiger partial charge in [-0.2, -0.15) is 0 Å². The Balaban J connectivity index is 2.16. The van der Waals surface area contributed by atoms with Gasteiger partial charge in [0, 0.05) is 22.0 Å². The number of carbonyl (C=O) groups is 1. The third-order valence-electron chi connectivity index (χ3n) is 2.86. The van der Waals surface area contributed by atoms with Gasteiger partial charge < -0.3 is 4.90 Å². The summed E-state index contributed by atoms with van der Waals surface area (Å²) in [6.07, 6.45) is 0. The first-order chi connectivity index (χ1) is 8.38. The van der Waals surface area contributed by atoms with Crippen LogP contribution in [0.1, 0.15) is 25.6 Å². The molecule has 0 radical (unpaired) electrons. The first-order valence-corrected chi connectivity index (χ1v) is 6.92. The monoisotopic (exact) mass is 261 g/mol. The van der Waals surface area contributed by atoms with Crippen molar-refractivity contribution in [3.8, 4) is 0 Å². The molecule has 0 atom stereocenters. The average molecular weight is 261 g/mol. The van der Waals surface area contributed by atoms with Crippen molar-refractivity contribution in [1.82, 2.24) is 4.90 Å². The molecule has 0 saturated heterocycles. The average Bonchev–Trinajstić information content (AvgIpc) is 2.68. The molecule has 2 rings (SSSR count). The first kappa shape index (κ1) is 13.1. The van der Waals surface area contributed by atoms with Crippen LogP contribution < -0.4 is 0 Å². The fourth-order valence-electron chi connectivity index (χ4n) is 1.99. The molecule has 1 amide bonds. The van der Waals surface area contributed by atoms with E-state index in [-0.39, 0.29) is 11.3 Å². The molecule has 2 nitrogen and oxygen atoms in total. The van der Waals surface area contributed by atoms with Gasteiger partial charge in [-0.25, -0.2) is 0 Å². The van der Waals surface area contributed by atoms with E-state index < -0.39 is 0 Å². The molecule has 2 aromatic rings. The van der Waals surface area contributed by atoms with Gasteiger partial charge in [0.15, 0.2) is 0 Å². The molecule has 0 unspecified atom stereocenters. The Bertz CT molecular complexity index is 532. The number of hydrogen-bond acceptors (Lipinski definition) is 2. The van der Waals surface area contributed by atoms with E-state index in [1.54, 1.807) is 11.3 Å². The summed E-state index contributed by atoms with van der Waals surface area (Å²) in [5.74, 6) is 0.181. The number of carbonyl (C=O) groups excluding carboxylic acids is 1. The lowest BCUT2D eigenvalue weighted by molar-refractivity contribution is -0.138. The van der Waals surface area contributed by atoms with Crippen molar-refractivity contribution in [1.29, 1.82) is 0 Å². The number of benzene rings is 1. The van der Waals surface area contributed by atoms with Gasteiger partial charge in [-0.3, -0.25) is 4.79 Å². The molecule has 3 heteroatoms. The van der Waals surface area contributed by atoms with Crippen LogP contribution in [0.4, 0.5) is 0 Å². The minimum atomic E-state index is -0.314. The van der Waals surface area contributed by atoms with Gasteiger partial charge in [0.05, 0.1) is 6.54 Å². The molecular formula is C15H19NOS. The highest BCUT2D eigenvalue weighted by molar-refractivity contribution is 7.19. The summed E-state index contributed by atoms with van der Waals surface area (Å²) in [6, 6.07) is 10.5. The number of fused-ring (bicyclic) bond motifs is 1. The topological polar surface area (TPSA) is 20.3 Å². The Kier molecular flexibility index (Phi) is 3.44. The van der Waals surface area contributed by atoms with Gasteiger partial charge in [-0.15, -0.1) is 11.3 Å². The SMILES string of the molecule is CN(Cc1cc2ccccc2s1)C(=O)C(C)(C)C. The maximum atomic E-state index is 12.1. The van der Waals surface area contributed by atoms with E-state index in [1.165, 1.54) is 15.0 Å². The quantitative estimate of drug-likeness (QED) is 0.802. The van der Waals surface area contributed by atoms with E-state index in [0.717, 1.165) is 0 Å². The van der Waals surface area contributed by atoms with E-state index >= 15 is 0 Å². The normalized spacial score (nSPS) is 11.8. The Hall–Kier alpha value is -1.35. The highest BCUT2D eigenvalue weighted by Gasteiger charge is 2.25. The van der Waals surface area contributed by atoms with Crippen LogP contribution in [0, 0.1) is 5.41 Å². The van der Waals surface area contributed by atoms with E-state index in [4.69, 9.17) is 0 Å². The largest absolute Gasteiger partial charge is 0.340 e. The van der Waals surface area contributed by atoms with E-state index in [1.807, 2.05) is 44.9 Å². The Labute approximate surface area is 112 Å². The van der Waals surface area contributed by atoms with Crippen molar-refractivity contribution in [2.24, 2.45) is 5.41 Å². The second kappa shape index (κ2) is 4.73. The van der Waals surface area contributed by atoms with Crippen LogP contribution in [0.3, 0.4) is 0 Å². The summed E-state index contributed by atoms with van der Waals surface area (Å²) < 4.78 is 1.28. The Morgan fingerprint density at radius 3 is 2.56 bits per heavy atom.